The number of carbonyl (C=O) groups is 1. The highest BCUT2D eigenvalue weighted by Gasteiger charge is 2.07. The van der Waals surface area contributed by atoms with Crippen LogP contribution in [-0.4, -0.2) is 10.8 Å². The van der Waals surface area contributed by atoms with Crippen LogP contribution in [0.2, 0.25) is 0 Å². The van der Waals surface area contributed by atoms with Gasteiger partial charge in [-0.15, -0.1) is 12.8 Å². The first-order valence-corrected chi connectivity index (χ1v) is 4.69. The molecule has 1 rings (SSSR count). The summed E-state index contributed by atoms with van der Waals surface area (Å²) >= 11 is 0. The number of carbonyl (C=O) groups excluding carboxylic acids is 1. The number of hydrogen-bond acceptors (Lipinski definition) is 2. The maximum atomic E-state index is 11.6. The van der Waals surface area contributed by atoms with Crippen molar-refractivity contribution < 1.29 is 4.79 Å². The van der Waals surface area contributed by atoms with Gasteiger partial charge in [0, 0.05) is 12.0 Å². The molecule has 1 heterocycles. The zero-order chi connectivity index (χ0) is 11.3. The third-order valence-electron chi connectivity index (χ3n) is 1.92. The van der Waals surface area contributed by atoms with Crippen molar-refractivity contribution in [2.45, 2.75) is 19.8 Å². The number of Topliss-reactive ketones (excluding diaryl/α,β-unsaturated/α-hetero) is 1. The van der Waals surface area contributed by atoms with E-state index in [2.05, 4.69) is 16.8 Å². The molecule has 0 radical (unpaired) electrons. The lowest BCUT2D eigenvalue weighted by molar-refractivity contribution is 0.0981. The number of aromatic nitrogens is 1. The Morgan fingerprint density at radius 1 is 1.33 bits per heavy atom. The monoisotopic (exact) mass is 197 g/mol. The number of ketones is 1. The van der Waals surface area contributed by atoms with E-state index in [-0.39, 0.29) is 5.78 Å². The number of hydrogen-bond donors (Lipinski definition) is 0. The first-order chi connectivity index (χ1) is 7.21. The second kappa shape index (κ2) is 4.98. The predicted molar refractivity (Wildman–Crippen MR) is 59.3 cm³/mol. The third kappa shape index (κ3) is 2.69. The van der Waals surface area contributed by atoms with E-state index >= 15 is 0 Å². The second-order valence-corrected chi connectivity index (χ2v) is 3.09. The Labute approximate surface area is 89.7 Å². The van der Waals surface area contributed by atoms with E-state index in [0.717, 1.165) is 6.42 Å². The summed E-state index contributed by atoms with van der Waals surface area (Å²) in [6.07, 6.45) is 11.7. The van der Waals surface area contributed by atoms with Crippen LogP contribution in [0.3, 0.4) is 0 Å². The van der Waals surface area contributed by atoms with E-state index < -0.39 is 0 Å². The number of rotatable bonds is 3. The van der Waals surface area contributed by atoms with Crippen LogP contribution in [0, 0.1) is 24.7 Å². The quantitative estimate of drug-likeness (QED) is 0.548. The van der Waals surface area contributed by atoms with Crippen molar-refractivity contribution in [1.29, 1.82) is 0 Å². The lowest BCUT2D eigenvalue weighted by Gasteiger charge is -2.01. The van der Waals surface area contributed by atoms with Crippen LogP contribution in [0.1, 0.15) is 41.5 Å². The Hall–Kier alpha value is -2.06. The molecule has 1 aromatic heterocycles. The molecule has 2 nitrogen and oxygen atoms in total. The largest absolute Gasteiger partial charge is 0.294 e. The molecule has 0 saturated carbocycles. The van der Waals surface area contributed by atoms with Gasteiger partial charge in [-0.2, -0.15) is 0 Å². The molecule has 2 heteroatoms. The van der Waals surface area contributed by atoms with E-state index in [9.17, 15) is 4.79 Å². The lowest BCUT2D eigenvalue weighted by atomic mass is 10.1. The van der Waals surface area contributed by atoms with Gasteiger partial charge >= 0.3 is 0 Å². The molecule has 0 aliphatic rings. The van der Waals surface area contributed by atoms with Gasteiger partial charge in [0.2, 0.25) is 0 Å². The first-order valence-electron chi connectivity index (χ1n) is 4.69. The molecule has 0 aromatic carbocycles. The van der Waals surface area contributed by atoms with Crippen molar-refractivity contribution >= 4 is 5.78 Å². The molecule has 74 valence electrons. The highest BCUT2D eigenvalue weighted by atomic mass is 16.1. The summed E-state index contributed by atoms with van der Waals surface area (Å²) in [5.41, 5.74) is 1.36. The molecule has 0 atom stereocenters. The second-order valence-electron chi connectivity index (χ2n) is 3.09. The fourth-order valence-corrected chi connectivity index (χ4v) is 1.21. The molecule has 1 aromatic rings. The van der Waals surface area contributed by atoms with Crippen LogP contribution in [0.4, 0.5) is 0 Å². The number of nitrogens with zero attached hydrogens (tertiary/aromatic N) is 1. The average molecular weight is 197 g/mol. The molecular weight excluding hydrogens is 186 g/mol. The lowest BCUT2D eigenvalue weighted by Crippen LogP contribution is -2.01. The maximum Gasteiger partial charge on any atom is 0.163 e. The van der Waals surface area contributed by atoms with Gasteiger partial charge in [0.25, 0.3) is 0 Å². The van der Waals surface area contributed by atoms with E-state index in [1.807, 2.05) is 6.92 Å². The van der Waals surface area contributed by atoms with Gasteiger partial charge in [0.15, 0.2) is 5.78 Å². The minimum Gasteiger partial charge on any atom is -0.294 e. The van der Waals surface area contributed by atoms with Crippen molar-refractivity contribution in [2.75, 3.05) is 0 Å². The Kier molecular flexibility index (Phi) is 3.66. The summed E-state index contributed by atoms with van der Waals surface area (Å²) in [5.74, 6) is 4.81. The van der Waals surface area contributed by atoms with Crippen molar-refractivity contribution in [3.63, 3.8) is 0 Å². The van der Waals surface area contributed by atoms with E-state index in [0.29, 0.717) is 23.4 Å². The van der Waals surface area contributed by atoms with Crippen LogP contribution in [0.15, 0.2) is 12.1 Å². The van der Waals surface area contributed by atoms with Crippen LogP contribution in [-0.2, 0) is 0 Å². The highest BCUT2D eigenvalue weighted by molar-refractivity contribution is 5.96. The topological polar surface area (TPSA) is 30.0 Å². The fourth-order valence-electron chi connectivity index (χ4n) is 1.21. The van der Waals surface area contributed by atoms with Gasteiger partial charge in [0.1, 0.15) is 11.4 Å². The zero-order valence-corrected chi connectivity index (χ0v) is 8.58. The summed E-state index contributed by atoms with van der Waals surface area (Å²) in [7, 11) is 0. The summed E-state index contributed by atoms with van der Waals surface area (Å²) < 4.78 is 0. The molecule has 0 N–H and O–H groups in total. The summed E-state index contributed by atoms with van der Waals surface area (Å²) in [6, 6.07) is 3.19. The smallest absolute Gasteiger partial charge is 0.163 e. The van der Waals surface area contributed by atoms with Gasteiger partial charge in [0.05, 0.1) is 0 Å². The van der Waals surface area contributed by atoms with E-state index in [1.165, 1.54) is 0 Å². The Bertz CT molecular complexity index is 428. The highest BCUT2D eigenvalue weighted by Crippen LogP contribution is 2.09. The van der Waals surface area contributed by atoms with Gasteiger partial charge in [-0.1, -0.05) is 18.8 Å². The number of terminal acetylenes is 2. The molecule has 15 heavy (non-hydrogen) atoms. The van der Waals surface area contributed by atoms with Gasteiger partial charge in [-0.3, -0.25) is 4.79 Å². The number of pyridine rings is 1. The van der Waals surface area contributed by atoms with Crippen molar-refractivity contribution in [3.05, 3.63) is 29.1 Å². The Morgan fingerprint density at radius 3 is 2.27 bits per heavy atom. The van der Waals surface area contributed by atoms with Crippen molar-refractivity contribution in [3.8, 4) is 24.7 Å². The Morgan fingerprint density at radius 2 is 1.87 bits per heavy atom. The molecule has 0 aliphatic carbocycles. The predicted octanol–water partition coefficient (Wildman–Crippen LogP) is 2.03. The summed E-state index contributed by atoms with van der Waals surface area (Å²) in [4.78, 5) is 15.6. The fraction of sp³-hybridized carbons (Fsp3) is 0.231. The van der Waals surface area contributed by atoms with Gasteiger partial charge in [-0.05, 0) is 18.6 Å². The van der Waals surface area contributed by atoms with Crippen LogP contribution in [0.5, 0.6) is 0 Å². The molecule has 0 saturated heterocycles. The van der Waals surface area contributed by atoms with Crippen LogP contribution in [0.25, 0.3) is 0 Å². The SMILES string of the molecule is C#Cc1cc(C(=O)CCC)cc(C#C)n1. The van der Waals surface area contributed by atoms with Gasteiger partial charge in [-0.25, -0.2) is 4.98 Å². The molecular formula is C13H11NO. The van der Waals surface area contributed by atoms with E-state index in [1.54, 1.807) is 12.1 Å². The normalized spacial score (nSPS) is 9.00. The molecule has 0 bridgehead atoms. The van der Waals surface area contributed by atoms with Crippen molar-refractivity contribution in [1.82, 2.24) is 4.98 Å². The molecule has 0 amide bonds. The van der Waals surface area contributed by atoms with E-state index in [4.69, 9.17) is 12.8 Å². The molecule has 0 unspecified atom stereocenters. The Balaban J connectivity index is 3.15. The molecule has 0 fully saturated rings. The first kappa shape index (κ1) is 11.0. The molecule has 0 spiro atoms. The van der Waals surface area contributed by atoms with Crippen LogP contribution >= 0.6 is 0 Å². The molecule has 0 aliphatic heterocycles. The third-order valence-corrected chi connectivity index (χ3v) is 1.92. The maximum absolute atomic E-state index is 11.6. The minimum atomic E-state index is 0.0490. The van der Waals surface area contributed by atoms with Crippen LogP contribution < -0.4 is 0 Å². The minimum absolute atomic E-state index is 0.0490. The summed E-state index contributed by atoms with van der Waals surface area (Å²) in [6.45, 7) is 1.95. The van der Waals surface area contributed by atoms with Gasteiger partial charge < -0.3 is 0 Å². The summed E-state index contributed by atoms with van der Waals surface area (Å²) in [5, 5.41) is 0. The average Bonchev–Trinajstić information content (AvgIpc) is 2.28. The van der Waals surface area contributed by atoms with Crippen molar-refractivity contribution in [2.24, 2.45) is 0 Å². The zero-order valence-electron chi connectivity index (χ0n) is 8.58. The standard InChI is InChI=1S/C13H11NO/c1-4-7-13(15)10-8-11(5-2)14-12(6-3)9-10/h2-3,8-9H,4,7H2,1H3.